The Bertz CT molecular complexity index is 697. The fourth-order valence-corrected chi connectivity index (χ4v) is 2.92. The molecule has 1 amide bonds. The molecule has 5 nitrogen and oxygen atoms in total. The number of amides is 1. The third-order valence-corrected chi connectivity index (χ3v) is 4.72. The Kier molecular flexibility index (Phi) is 10.1. The van der Waals surface area contributed by atoms with Crippen molar-refractivity contribution in [2.24, 2.45) is 11.1 Å². The SMILES string of the molecule is CCC(CC)(CN)C(=O)NCCc1nc2ccccc2n1C(F)F.Cl.Cl. The van der Waals surface area contributed by atoms with E-state index in [-0.39, 0.29) is 56.1 Å². The van der Waals surface area contributed by atoms with E-state index < -0.39 is 12.0 Å². The van der Waals surface area contributed by atoms with Crippen LogP contribution in [0.1, 0.15) is 39.1 Å². The number of benzene rings is 1. The molecule has 2 rings (SSSR count). The van der Waals surface area contributed by atoms with Crippen molar-refractivity contribution in [2.75, 3.05) is 13.1 Å². The van der Waals surface area contributed by atoms with Gasteiger partial charge in [0.2, 0.25) is 5.91 Å². The zero-order chi connectivity index (χ0) is 17.7. The number of halogens is 4. The number of imidazole rings is 1. The number of hydrogen-bond donors (Lipinski definition) is 2. The van der Waals surface area contributed by atoms with E-state index in [9.17, 15) is 13.6 Å². The van der Waals surface area contributed by atoms with Gasteiger partial charge in [-0.2, -0.15) is 8.78 Å². The van der Waals surface area contributed by atoms with Gasteiger partial charge in [-0.25, -0.2) is 4.98 Å². The van der Waals surface area contributed by atoms with Crippen LogP contribution in [0.5, 0.6) is 0 Å². The molecule has 3 N–H and O–H groups in total. The van der Waals surface area contributed by atoms with E-state index in [1.807, 2.05) is 13.8 Å². The third-order valence-electron chi connectivity index (χ3n) is 4.72. The standard InChI is InChI=1S/C17H24F2N4O.2ClH/c1-3-17(4-2,11-20)15(24)21-10-9-14-22-12-7-5-6-8-13(12)23(14)16(18)19;;/h5-8,16H,3-4,9-11,20H2,1-2H3,(H,21,24);2*1H. The minimum atomic E-state index is -2.67. The molecule has 0 fully saturated rings. The fourth-order valence-electron chi connectivity index (χ4n) is 2.92. The lowest BCUT2D eigenvalue weighted by atomic mass is 9.81. The van der Waals surface area contributed by atoms with E-state index in [0.29, 0.717) is 23.9 Å². The monoisotopic (exact) mass is 410 g/mol. The summed E-state index contributed by atoms with van der Waals surface area (Å²) < 4.78 is 27.6. The molecule has 0 spiro atoms. The molecule has 0 saturated heterocycles. The summed E-state index contributed by atoms with van der Waals surface area (Å²) in [5.74, 6) is 0.132. The summed E-state index contributed by atoms with van der Waals surface area (Å²) in [4.78, 5) is 16.6. The number of carbonyl (C=O) groups is 1. The molecule has 0 aliphatic heterocycles. The van der Waals surface area contributed by atoms with Gasteiger partial charge in [0.25, 0.3) is 0 Å². The maximum atomic E-state index is 13.3. The summed E-state index contributed by atoms with van der Waals surface area (Å²) >= 11 is 0. The van der Waals surface area contributed by atoms with Crippen LogP contribution in [0.15, 0.2) is 24.3 Å². The quantitative estimate of drug-likeness (QED) is 0.696. The molecule has 0 radical (unpaired) electrons. The zero-order valence-corrected chi connectivity index (χ0v) is 16.5. The van der Waals surface area contributed by atoms with Gasteiger partial charge in [0.1, 0.15) is 5.82 Å². The number of carbonyl (C=O) groups excluding carboxylic acids is 1. The highest BCUT2D eigenvalue weighted by molar-refractivity contribution is 5.85. The number of alkyl halides is 2. The van der Waals surface area contributed by atoms with Gasteiger partial charge in [-0.3, -0.25) is 9.36 Å². The second kappa shape index (κ2) is 10.6. The lowest BCUT2D eigenvalue weighted by Crippen LogP contribution is -2.45. The first-order valence-corrected chi connectivity index (χ1v) is 8.21. The van der Waals surface area contributed by atoms with Crippen LogP contribution in [0.3, 0.4) is 0 Å². The van der Waals surface area contributed by atoms with E-state index in [4.69, 9.17) is 5.73 Å². The van der Waals surface area contributed by atoms with E-state index in [1.165, 1.54) is 0 Å². The van der Waals surface area contributed by atoms with Crippen molar-refractivity contribution in [1.82, 2.24) is 14.9 Å². The van der Waals surface area contributed by atoms with Gasteiger partial charge in [-0.1, -0.05) is 26.0 Å². The zero-order valence-electron chi connectivity index (χ0n) is 14.9. The smallest absolute Gasteiger partial charge is 0.320 e. The lowest BCUT2D eigenvalue weighted by molar-refractivity contribution is -0.131. The number of rotatable bonds is 8. The van der Waals surface area contributed by atoms with Gasteiger partial charge < -0.3 is 11.1 Å². The molecule has 1 heterocycles. The average molecular weight is 411 g/mol. The van der Waals surface area contributed by atoms with Crippen molar-refractivity contribution in [3.8, 4) is 0 Å². The maximum Gasteiger partial charge on any atom is 0.320 e. The number of para-hydroxylation sites is 2. The summed E-state index contributed by atoms with van der Waals surface area (Å²) in [5.41, 5.74) is 6.08. The summed E-state index contributed by atoms with van der Waals surface area (Å²) in [5, 5.41) is 2.82. The van der Waals surface area contributed by atoms with E-state index in [0.717, 1.165) is 4.57 Å². The van der Waals surface area contributed by atoms with Crippen molar-refractivity contribution in [3.05, 3.63) is 30.1 Å². The number of aromatic nitrogens is 2. The molecule has 0 atom stereocenters. The predicted molar refractivity (Wildman–Crippen MR) is 104 cm³/mol. The molecule has 0 bridgehead atoms. The molecule has 0 aliphatic carbocycles. The maximum absolute atomic E-state index is 13.3. The minimum absolute atomic E-state index is 0. The number of nitrogens with two attached hydrogens (primary N) is 1. The summed E-state index contributed by atoms with van der Waals surface area (Å²) in [6, 6.07) is 6.77. The van der Waals surface area contributed by atoms with E-state index in [2.05, 4.69) is 10.3 Å². The largest absolute Gasteiger partial charge is 0.355 e. The molecule has 148 valence electrons. The Balaban J connectivity index is 0.00000312. The molecule has 26 heavy (non-hydrogen) atoms. The van der Waals surface area contributed by atoms with E-state index >= 15 is 0 Å². The molecule has 0 saturated carbocycles. The van der Waals surface area contributed by atoms with Crippen molar-refractivity contribution < 1.29 is 13.6 Å². The van der Waals surface area contributed by atoms with Gasteiger partial charge >= 0.3 is 6.55 Å². The van der Waals surface area contributed by atoms with Gasteiger partial charge in [0.05, 0.1) is 16.4 Å². The molecular weight excluding hydrogens is 385 g/mol. The van der Waals surface area contributed by atoms with Gasteiger partial charge in [-0.15, -0.1) is 24.8 Å². The van der Waals surface area contributed by atoms with Gasteiger partial charge in [0.15, 0.2) is 0 Å². The lowest BCUT2D eigenvalue weighted by Gasteiger charge is -2.28. The molecule has 1 aromatic carbocycles. The Labute approximate surface area is 164 Å². The number of fused-ring (bicyclic) bond motifs is 1. The van der Waals surface area contributed by atoms with Crippen LogP contribution in [0.25, 0.3) is 11.0 Å². The summed E-state index contributed by atoms with van der Waals surface area (Å²) in [6.07, 6.45) is 1.52. The predicted octanol–water partition coefficient (Wildman–Crippen LogP) is 3.70. The second-order valence-electron chi connectivity index (χ2n) is 5.86. The first-order valence-electron chi connectivity index (χ1n) is 8.21. The Morgan fingerprint density at radius 3 is 2.42 bits per heavy atom. The molecule has 0 unspecified atom stereocenters. The summed E-state index contributed by atoms with van der Waals surface area (Å²) in [7, 11) is 0. The minimum Gasteiger partial charge on any atom is -0.355 e. The Morgan fingerprint density at radius 2 is 1.88 bits per heavy atom. The first-order chi connectivity index (χ1) is 11.5. The fraction of sp³-hybridized carbons (Fsp3) is 0.529. The second-order valence-corrected chi connectivity index (χ2v) is 5.86. The van der Waals surface area contributed by atoms with Crippen molar-refractivity contribution in [2.45, 2.75) is 39.7 Å². The van der Waals surface area contributed by atoms with Crippen molar-refractivity contribution in [3.63, 3.8) is 0 Å². The van der Waals surface area contributed by atoms with Crippen LogP contribution in [-0.4, -0.2) is 28.5 Å². The van der Waals surface area contributed by atoms with Gasteiger partial charge in [0, 0.05) is 19.5 Å². The van der Waals surface area contributed by atoms with Crippen LogP contribution < -0.4 is 11.1 Å². The highest BCUT2D eigenvalue weighted by Gasteiger charge is 2.33. The Hall–Kier alpha value is -1.44. The molecular formula is C17H26Cl2F2N4O. The van der Waals surface area contributed by atoms with Crippen LogP contribution >= 0.6 is 24.8 Å². The van der Waals surface area contributed by atoms with Crippen LogP contribution in [0, 0.1) is 5.41 Å². The van der Waals surface area contributed by atoms with Crippen LogP contribution in [-0.2, 0) is 11.2 Å². The van der Waals surface area contributed by atoms with Crippen molar-refractivity contribution in [1.29, 1.82) is 0 Å². The number of nitrogens with one attached hydrogen (secondary N) is 1. The van der Waals surface area contributed by atoms with Gasteiger partial charge in [-0.05, 0) is 25.0 Å². The molecule has 2 aromatic rings. The number of hydrogen-bond acceptors (Lipinski definition) is 3. The third kappa shape index (κ3) is 4.84. The first kappa shape index (κ1) is 24.6. The number of nitrogens with zero attached hydrogens (tertiary/aromatic N) is 2. The normalized spacial score (nSPS) is 11.2. The van der Waals surface area contributed by atoms with Crippen LogP contribution in [0.4, 0.5) is 8.78 Å². The highest BCUT2D eigenvalue weighted by atomic mass is 35.5. The van der Waals surface area contributed by atoms with Crippen molar-refractivity contribution >= 4 is 41.8 Å². The topological polar surface area (TPSA) is 72.9 Å². The van der Waals surface area contributed by atoms with Crippen LogP contribution in [0.2, 0.25) is 0 Å². The molecule has 9 heteroatoms. The molecule has 1 aromatic heterocycles. The molecule has 0 aliphatic rings. The highest BCUT2D eigenvalue weighted by Crippen LogP contribution is 2.25. The summed E-state index contributed by atoms with van der Waals surface area (Å²) in [6.45, 7) is 1.69. The van der Waals surface area contributed by atoms with E-state index in [1.54, 1.807) is 24.3 Å². The Morgan fingerprint density at radius 1 is 1.27 bits per heavy atom. The average Bonchev–Trinajstić information content (AvgIpc) is 2.95.